The normalized spacial score (nSPS) is 17.3. The summed E-state index contributed by atoms with van der Waals surface area (Å²) in [4.78, 5) is 27.4. The van der Waals surface area contributed by atoms with Crippen molar-refractivity contribution >= 4 is 11.9 Å². The zero-order valence-corrected chi connectivity index (χ0v) is 13.9. The lowest BCUT2D eigenvalue weighted by Gasteiger charge is -2.23. The highest BCUT2D eigenvalue weighted by Gasteiger charge is 2.16. The molecule has 1 atom stereocenters. The van der Waals surface area contributed by atoms with Gasteiger partial charge < -0.3 is 15.1 Å². The molecule has 0 aromatic rings. The van der Waals surface area contributed by atoms with Gasteiger partial charge in [-0.1, -0.05) is 26.7 Å². The molecule has 0 spiro atoms. The van der Waals surface area contributed by atoms with Gasteiger partial charge in [-0.3, -0.25) is 4.79 Å². The van der Waals surface area contributed by atoms with Gasteiger partial charge in [-0.05, 0) is 25.2 Å². The number of carbonyl (C=O) groups excluding carboxylic acids is 2. The van der Waals surface area contributed by atoms with Crippen LogP contribution in [0.25, 0.3) is 0 Å². The first-order chi connectivity index (χ1) is 10.0. The predicted molar refractivity (Wildman–Crippen MR) is 85.1 cm³/mol. The molecule has 0 aromatic carbocycles. The quantitative estimate of drug-likeness (QED) is 0.734. The molecule has 0 saturated carbocycles. The van der Waals surface area contributed by atoms with Crippen LogP contribution < -0.4 is 5.32 Å². The Bertz CT molecular complexity index is 333. The first-order valence-corrected chi connectivity index (χ1v) is 8.31. The maximum atomic E-state index is 11.9. The van der Waals surface area contributed by atoms with Crippen LogP contribution in [0.4, 0.5) is 4.79 Å². The smallest absolute Gasteiger partial charge is 0.317 e. The Labute approximate surface area is 129 Å². The molecule has 122 valence electrons. The van der Waals surface area contributed by atoms with Gasteiger partial charge in [0, 0.05) is 39.6 Å². The van der Waals surface area contributed by atoms with Gasteiger partial charge in [-0.25, -0.2) is 4.79 Å². The zero-order valence-electron chi connectivity index (χ0n) is 13.9. The second-order valence-electron chi connectivity index (χ2n) is 6.17. The van der Waals surface area contributed by atoms with Crippen LogP contribution in [-0.4, -0.2) is 55.0 Å². The van der Waals surface area contributed by atoms with Gasteiger partial charge in [0.05, 0.1) is 0 Å². The van der Waals surface area contributed by atoms with E-state index in [1.165, 1.54) is 0 Å². The Morgan fingerprint density at radius 2 is 2.14 bits per heavy atom. The summed E-state index contributed by atoms with van der Waals surface area (Å²) in [5.74, 6) is 0.795. The average Bonchev–Trinajstić information content (AvgIpc) is 2.67. The molecule has 0 aliphatic carbocycles. The maximum Gasteiger partial charge on any atom is 0.317 e. The summed E-state index contributed by atoms with van der Waals surface area (Å²) in [5, 5.41) is 2.93. The van der Waals surface area contributed by atoms with Crippen LogP contribution >= 0.6 is 0 Å². The molecule has 0 aromatic heterocycles. The summed E-state index contributed by atoms with van der Waals surface area (Å²) in [5.41, 5.74) is 0. The number of amides is 3. The van der Waals surface area contributed by atoms with Gasteiger partial charge in [0.25, 0.3) is 0 Å². The lowest BCUT2D eigenvalue weighted by molar-refractivity contribution is -0.130. The lowest BCUT2D eigenvalue weighted by Crippen LogP contribution is -2.41. The highest BCUT2D eigenvalue weighted by atomic mass is 16.2. The topological polar surface area (TPSA) is 52.7 Å². The zero-order chi connectivity index (χ0) is 15.7. The fraction of sp³-hybridized carbons (Fsp3) is 0.875. The minimum Gasteiger partial charge on any atom is -0.343 e. The van der Waals surface area contributed by atoms with Gasteiger partial charge in [-0.15, -0.1) is 0 Å². The van der Waals surface area contributed by atoms with E-state index in [0.29, 0.717) is 18.9 Å². The molecule has 3 amide bonds. The third kappa shape index (κ3) is 6.82. The van der Waals surface area contributed by atoms with Crippen LogP contribution in [0.1, 0.15) is 52.4 Å². The van der Waals surface area contributed by atoms with E-state index in [0.717, 1.165) is 51.7 Å². The molecule has 0 bridgehead atoms. The first-order valence-electron chi connectivity index (χ1n) is 8.31. The van der Waals surface area contributed by atoms with E-state index in [4.69, 9.17) is 0 Å². The number of hydrogen-bond donors (Lipinski definition) is 1. The number of nitrogens with zero attached hydrogens (tertiary/aromatic N) is 2. The summed E-state index contributed by atoms with van der Waals surface area (Å²) in [7, 11) is 1.83. The van der Waals surface area contributed by atoms with E-state index in [9.17, 15) is 9.59 Å². The monoisotopic (exact) mass is 297 g/mol. The molecule has 1 unspecified atom stereocenters. The van der Waals surface area contributed by atoms with Crippen molar-refractivity contribution in [3.63, 3.8) is 0 Å². The van der Waals surface area contributed by atoms with Crippen LogP contribution in [0.2, 0.25) is 0 Å². The van der Waals surface area contributed by atoms with Gasteiger partial charge >= 0.3 is 6.03 Å². The number of urea groups is 1. The molecular weight excluding hydrogens is 266 g/mol. The molecule has 1 N–H and O–H groups in total. The largest absolute Gasteiger partial charge is 0.343 e. The first kappa shape index (κ1) is 17.8. The molecule has 21 heavy (non-hydrogen) atoms. The summed E-state index contributed by atoms with van der Waals surface area (Å²) >= 11 is 0. The standard InChI is InChI=1S/C16H31N3O2/c1-4-14(2)13-18(3)16(21)17-10-8-12-19-11-7-5-6-9-15(19)20/h14H,4-13H2,1-3H3,(H,17,21). The van der Waals surface area contributed by atoms with Crippen molar-refractivity contribution in [1.82, 2.24) is 15.1 Å². The molecule has 1 heterocycles. The van der Waals surface area contributed by atoms with E-state index < -0.39 is 0 Å². The molecule has 1 fully saturated rings. The van der Waals surface area contributed by atoms with E-state index in [1.54, 1.807) is 4.90 Å². The van der Waals surface area contributed by atoms with Gasteiger partial charge in [-0.2, -0.15) is 0 Å². The predicted octanol–water partition coefficient (Wildman–Crippen LogP) is 2.47. The van der Waals surface area contributed by atoms with Crippen LogP contribution in [0, 0.1) is 5.92 Å². The third-order valence-corrected chi connectivity index (χ3v) is 4.18. The highest BCUT2D eigenvalue weighted by molar-refractivity contribution is 5.76. The van der Waals surface area contributed by atoms with Gasteiger partial charge in [0.15, 0.2) is 0 Å². The number of likely N-dealkylation sites (tertiary alicyclic amines) is 1. The highest BCUT2D eigenvalue weighted by Crippen LogP contribution is 2.11. The lowest BCUT2D eigenvalue weighted by atomic mass is 10.1. The minimum atomic E-state index is -0.0162. The SMILES string of the molecule is CCC(C)CN(C)C(=O)NCCCN1CCCCCC1=O. The Hall–Kier alpha value is -1.26. The van der Waals surface area contributed by atoms with E-state index in [1.807, 2.05) is 11.9 Å². The fourth-order valence-corrected chi connectivity index (χ4v) is 2.55. The second-order valence-corrected chi connectivity index (χ2v) is 6.17. The Morgan fingerprint density at radius 3 is 2.86 bits per heavy atom. The average molecular weight is 297 g/mol. The Morgan fingerprint density at radius 1 is 1.38 bits per heavy atom. The molecule has 5 heteroatoms. The number of hydrogen-bond acceptors (Lipinski definition) is 2. The second kappa shape index (κ2) is 9.64. The van der Waals surface area contributed by atoms with Gasteiger partial charge in [0.2, 0.25) is 5.91 Å². The van der Waals surface area contributed by atoms with Crippen LogP contribution in [0.15, 0.2) is 0 Å². The van der Waals surface area contributed by atoms with E-state index in [-0.39, 0.29) is 11.9 Å². The van der Waals surface area contributed by atoms with E-state index >= 15 is 0 Å². The van der Waals surface area contributed by atoms with Crippen LogP contribution in [0.3, 0.4) is 0 Å². The Kier molecular flexibility index (Phi) is 8.16. The fourth-order valence-electron chi connectivity index (χ4n) is 2.55. The Balaban J connectivity index is 2.17. The van der Waals surface area contributed by atoms with Crippen LogP contribution in [0.5, 0.6) is 0 Å². The maximum absolute atomic E-state index is 11.9. The summed E-state index contributed by atoms with van der Waals surface area (Å²) in [6.07, 6.45) is 5.87. The number of rotatable bonds is 7. The van der Waals surface area contributed by atoms with Crippen molar-refractivity contribution in [1.29, 1.82) is 0 Å². The van der Waals surface area contributed by atoms with Crippen molar-refractivity contribution in [2.45, 2.75) is 52.4 Å². The molecule has 0 radical (unpaired) electrons. The third-order valence-electron chi connectivity index (χ3n) is 4.18. The van der Waals surface area contributed by atoms with Crippen molar-refractivity contribution < 1.29 is 9.59 Å². The molecule has 1 aliphatic rings. The van der Waals surface area contributed by atoms with Crippen molar-refractivity contribution in [3.05, 3.63) is 0 Å². The van der Waals surface area contributed by atoms with Gasteiger partial charge in [0.1, 0.15) is 0 Å². The molecule has 1 saturated heterocycles. The molecule has 5 nitrogen and oxygen atoms in total. The molecular formula is C16H31N3O2. The van der Waals surface area contributed by atoms with E-state index in [2.05, 4.69) is 19.2 Å². The van der Waals surface area contributed by atoms with Crippen molar-refractivity contribution in [2.75, 3.05) is 33.2 Å². The number of nitrogens with one attached hydrogen (secondary N) is 1. The summed E-state index contributed by atoms with van der Waals surface area (Å²) in [6.45, 7) is 7.33. The summed E-state index contributed by atoms with van der Waals surface area (Å²) < 4.78 is 0. The molecule has 1 aliphatic heterocycles. The number of carbonyl (C=O) groups is 2. The van der Waals surface area contributed by atoms with Crippen molar-refractivity contribution in [3.8, 4) is 0 Å². The van der Waals surface area contributed by atoms with Crippen LogP contribution in [-0.2, 0) is 4.79 Å². The van der Waals surface area contributed by atoms with Crippen molar-refractivity contribution in [2.24, 2.45) is 5.92 Å². The molecule has 1 rings (SSSR count). The summed E-state index contributed by atoms with van der Waals surface area (Å²) in [6, 6.07) is -0.0162. The minimum absolute atomic E-state index is 0.0162.